The summed E-state index contributed by atoms with van der Waals surface area (Å²) in [4.78, 5) is 3.10. The molecule has 0 atom stereocenters. The second-order valence-electron chi connectivity index (χ2n) is 4.74. The lowest BCUT2D eigenvalue weighted by Gasteiger charge is -2.09. The van der Waals surface area contributed by atoms with E-state index in [4.69, 9.17) is 17.5 Å². The molecule has 0 saturated heterocycles. The third-order valence-electron chi connectivity index (χ3n) is 3.33. The van der Waals surface area contributed by atoms with Crippen molar-refractivity contribution in [2.24, 2.45) is 0 Å². The molecule has 0 radical (unpaired) electrons. The molecule has 3 nitrogen and oxygen atoms in total. The first-order valence-electron chi connectivity index (χ1n) is 6.60. The third kappa shape index (κ3) is 2.78. The molecule has 0 saturated carbocycles. The number of aromatic nitrogens is 2. The number of hydrogen-bond donors (Lipinski definition) is 1. The number of rotatable bonds is 3. The van der Waals surface area contributed by atoms with Crippen molar-refractivity contribution < 1.29 is 0 Å². The first-order chi connectivity index (χ1) is 10.3. The average Bonchev–Trinajstić information content (AvgIpc) is 2.89. The van der Waals surface area contributed by atoms with E-state index in [1.807, 2.05) is 47.2 Å². The van der Waals surface area contributed by atoms with Crippen LogP contribution in [0.2, 0.25) is 0 Å². The molecule has 0 amide bonds. The standard InChI is InChI=1S/C17H13N3S/c18-10-13-5-4-6-14(9-13)12-20-16(11-19-17(20)21)15-7-2-1-3-8-15/h1-9,11H,12H2,(H,19,21). The normalized spacial score (nSPS) is 10.2. The molecule has 0 bridgehead atoms. The lowest BCUT2D eigenvalue weighted by Crippen LogP contribution is -2.02. The van der Waals surface area contributed by atoms with E-state index in [2.05, 4.69) is 23.2 Å². The number of benzene rings is 2. The van der Waals surface area contributed by atoms with Gasteiger partial charge in [-0.1, -0.05) is 42.5 Å². The molecule has 1 aromatic heterocycles. The Morgan fingerprint density at radius 3 is 2.67 bits per heavy atom. The van der Waals surface area contributed by atoms with Gasteiger partial charge in [-0.3, -0.25) is 0 Å². The predicted molar refractivity (Wildman–Crippen MR) is 85.3 cm³/mol. The molecule has 102 valence electrons. The van der Waals surface area contributed by atoms with E-state index < -0.39 is 0 Å². The minimum atomic E-state index is 0.641. The Labute approximate surface area is 128 Å². The van der Waals surface area contributed by atoms with E-state index in [0.29, 0.717) is 16.9 Å². The average molecular weight is 291 g/mol. The fourth-order valence-corrected chi connectivity index (χ4v) is 2.54. The Morgan fingerprint density at radius 1 is 1.10 bits per heavy atom. The Kier molecular flexibility index (Phi) is 3.67. The fraction of sp³-hybridized carbons (Fsp3) is 0.0588. The Hall–Kier alpha value is -2.64. The Bertz CT molecular complexity index is 853. The molecule has 3 aromatic rings. The highest BCUT2D eigenvalue weighted by Gasteiger charge is 2.07. The van der Waals surface area contributed by atoms with E-state index in [1.165, 1.54) is 0 Å². The lowest BCUT2D eigenvalue weighted by molar-refractivity contribution is 0.791. The summed E-state index contributed by atoms with van der Waals surface area (Å²) in [5, 5.41) is 8.99. The first-order valence-corrected chi connectivity index (χ1v) is 7.01. The summed E-state index contributed by atoms with van der Waals surface area (Å²) in [7, 11) is 0. The van der Waals surface area contributed by atoms with Gasteiger partial charge in [0.15, 0.2) is 4.77 Å². The molecule has 1 N–H and O–H groups in total. The van der Waals surface area contributed by atoms with Gasteiger partial charge in [0, 0.05) is 6.20 Å². The fourth-order valence-electron chi connectivity index (χ4n) is 2.32. The van der Waals surface area contributed by atoms with Crippen molar-refractivity contribution in [2.75, 3.05) is 0 Å². The smallest absolute Gasteiger partial charge is 0.177 e. The van der Waals surface area contributed by atoms with Crippen molar-refractivity contribution in [3.05, 3.63) is 76.7 Å². The van der Waals surface area contributed by atoms with Gasteiger partial charge in [-0.05, 0) is 35.5 Å². The van der Waals surface area contributed by atoms with Crippen LogP contribution < -0.4 is 0 Å². The summed E-state index contributed by atoms with van der Waals surface area (Å²) in [5.41, 5.74) is 3.88. The zero-order chi connectivity index (χ0) is 14.7. The summed E-state index contributed by atoms with van der Waals surface area (Å²) in [6.45, 7) is 0.641. The van der Waals surface area contributed by atoms with Gasteiger partial charge in [-0.15, -0.1) is 0 Å². The third-order valence-corrected chi connectivity index (χ3v) is 3.67. The molecule has 2 aromatic carbocycles. The summed E-state index contributed by atoms with van der Waals surface area (Å²) < 4.78 is 2.72. The van der Waals surface area contributed by atoms with Gasteiger partial charge in [-0.2, -0.15) is 5.26 Å². The minimum Gasteiger partial charge on any atom is -0.337 e. The number of nitrogens with zero attached hydrogens (tertiary/aromatic N) is 2. The van der Waals surface area contributed by atoms with Crippen LogP contribution in [0.15, 0.2) is 60.8 Å². The molecule has 0 aliphatic rings. The van der Waals surface area contributed by atoms with Gasteiger partial charge >= 0.3 is 0 Å². The second kappa shape index (κ2) is 5.78. The quantitative estimate of drug-likeness (QED) is 0.737. The zero-order valence-corrected chi connectivity index (χ0v) is 12.1. The molecule has 0 aliphatic carbocycles. The van der Waals surface area contributed by atoms with Gasteiger partial charge in [0.1, 0.15) is 0 Å². The van der Waals surface area contributed by atoms with Crippen LogP contribution in [0.25, 0.3) is 11.3 Å². The molecule has 3 rings (SSSR count). The maximum Gasteiger partial charge on any atom is 0.177 e. The number of H-pyrrole nitrogens is 1. The molecular weight excluding hydrogens is 278 g/mol. The number of nitriles is 1. The number of imidazole rings is 1. The van der Waals surface area contributed by atoms with Crippen molar-refractivity contribution in [3.63, 3.8) is 0 Å². The molecular formula is C17H13N3S. The van der Waals surface area contributed by atoms with Crippen molar-refractivity contribution >= 4 is 12.2 Å². The number of nitrogens with one attached hydrogen (secondary N) is 1. The SMILES string of the molecule is N#Cc1cccc(Cn2c(-c3ccccc3)c[nH]c2=S)c1. The first kappa shape index (κ1) is 13.3. The van der Waals surface area contributed by atoms with E-state index in [1.54, 1.807) is 6.07 Å². The molecule has 1 heterocycles. The van der Waals surface area contributed by atoms with Crippen LogP contribution in [-0.4, -0.2) is 9.55 Å². The molecule has 0 spiro atoms. The predicted octanol–water partition coefficient (Wildman–Crippen LogP) is 4.13. The largest absolute Gasteiger partial charge is 0.337 e. The molecule has 0 aliphatic heterocycles. The summed E-state index contributed by atoms with van der Waals surface area (Å²) in [6.07, 6.45) is 1.92. The van der Waals surface area contributed by atoms with E-state index in [-0.39, 0.29) is 0 Å². The zero-order valence-electron chi connectivity index (χ0n) is 11.3. The monoisotopic (exact) mass is 291 g/mol. The van der Waals surface area contributed by atoms with E-state index in [0.717, 1.165) is 16.8 Å². The van der Waals surface area contributed by atoms with Crippen LogP contribution >= 0.6 is 12.2 Å². The van der Waals surface area contributed by atoms with Crippen LogP contribution in [0.5, 0.6) is 0 Å². The number of aromatic amines is 1. The van der Waals surface area contributed by atoms with Gasteiger partial charge in [0.05, 0.1) is 23.9 Å². The van der Waals surface area contributed by atoms with Crippen molar-refractivity contribution in [3.8, 4) is 17.3 Å². The van der Waals surface area contributed by atoms with Crippen LogP contribution in [0.1, 0.15) is 11.1 Å². The second-order valence-corrected chi connectivity index (χ2v) is 5.13. The topological polar surface area (TPSA) is 44.5 Å². The molecule has 21 heavy (non-hydrogen) atoms. The van der Waals surface area contributed by atoms with Crippen LogP contribution in [0.3, 0.4) is 0 Å². The lowest BCUT2D eigenvalue weighted by atomic mass is 10.1. The van der Waals surface area contributed by atoms with Gasteiger partial charge < -0.3 is 9.55 Å². The van der Waals surface area contributed by atoms with Crippen molar-refractivity contribution in [1.29, 1.82) is 5.26 Å². The van der Waals surface area contributed by atoms with Crippen LogP contribution in [0, 0.1) is 16.1 Å². The highest BCUT2D eigenvalue weighted by Crippen LogP contribution is 2.20. The molecule has 0 fully saturated rings. The maximum atomic E-state index is 8.99. The summed E-state index contributed by atoms with van der Waals surface area (Å²) >= 11 is 5.38. The van der Waals surface area contributed by atoms with E-state index >= 15 is 0 Å². The summed E-state index contributed by atoms with van der Waals surface area (Å²) in [5.74, 6) is 0. The van der Waals surface area contributed by atoms with E-state index in [9.17, 15) is 0 Å². The van der Waals surface area contributed by atoms with Crippen molar-refractivity contribution in [2.45, 2.75) is 6.54 Å². The minimum absolute atomic E-state index is 0.641. The van der Waals surface area contributed by atoms with Gasteiger partial charge in [-0.25, -0.2) is 0 Å². The molecule has 0 unspecified atom stereocenters. The van der Waals surface area contributed by atoms with Gasteiger partial charge in [0.25, 0.3) is 0 Å². The molecule has 4 heteroatoms. The Balaban J connectivity index is 2.02. The number of hydrogen-bond acceptors (Lipinski definition) is 2. The highest BCUT2D eigenvalue weighted by molar-refractivity contribution is 7.71. The summed E-state index contributed by atoms with van der Waals surface area (Å²) in [6, 6.07) is 19.9. The van der Waals surface area contributed by atoms with Crippen LogP contribution in [0.4, 0.5) is 0 Å². The van der Waals surface area contributed by atoms with Crippen molar-refractivity contribution in [1.82, 2.24) is 9.55 Å². The maximum absolute atomic E-state index is 8.99. The van der Waals surface area contributed by atoms with Gasteiger partial charge in [0.2, 0.25) is 0 Å². The van der Waals surface area contributed by atoms with Crippen LogP contribution in [-0.2, 0) is 6.54 Å². The highest BCUT2D eigenvalue weighted by atomic mass is 32.1. The Morgan fingerprint density at radius 2 is 1.90 bits per heavy atom.